The van der Waals surface area contributed by atoms with Crippen LogP contribution in [0.2, 0.25) is 10.0 Å². The molecule has 0 saturated heterocycles. The van der Waals surface area contributed by atoms with Crippen LogP contribution in [0, 0.1) is 0 Å². The van der Waals surface area contributed by atoms with Crippen molar-refractivity contribution in [1.29, 1.82) is 0 Å². The van der Waals surface area contributed by atoms with Crippen LogP contribution in [-0.2, 0) is 4.74 Å². The van der Waals surface area contributed by atoms with Crippen LogP contribution in [0.25, 0.3) is 0 Å². The minimum Gasteiger partial charge on any atom is -0.380 e. The third-order valence-corrected chi connectivity index (χ3v) is 3.33. The van der Waals surface area contributed by atoms with E-state index in [4.69, 9.17) is 27.9 Å². The molecule has 1 aromatic rings. The molecule has 4 heteroatoms. The van der Waals surface area contributed by atoms with Gasteiger partial charge in [0.2, 0.25) is 0 Å². The first-order valence-electron chi connectivity index (χ1n) is 5.81. The monoisotopic (exact) mass is 275 g/mol. The predicted octanol–water partition coefficient (Wildman–Crippen LogP) is 4.07. The summed E-state index contributed by atoms with van der Waals surface area (Å²) in [6.45, 7) is 5.06. The maximum Gasteiger partial charge on any atom is 0.0738 e. The molecule has 2 unspecified atom stereocenters. The molecular formula is C13H19Cl2NO. The van der Waals surface area contributed by atoms with Crippen molar-refractivity contribution in [2.24, 2.45) is 0 Å². The standard InChI is InChI=1S/C13H19Cl2NO/c1-4-7-16-13(9(2)17-3)11-8-10(14)5-6-12(11)15/h5-6,8-9,13,16H,4,7H2,1-3H3. The molecule has 0 amide bonds. The molecule has 1 aromatic carbocycles. The number of rotatable bonds is 6. The second-order valence-corrected chi connectivity index (χ2v) is 4.88. The van der Waals surface area contributed by atoms with E-state index < -0.39 is 0 Å². The number of ether oxygens (including phenoxy) is 1. The first-order valence-corrected chi connectivity index (χ1v) is 6.56. The Balaban J connectivity index is 2.98. The van der Waals surface area contributed by atoms with Gasteiger partial charge in [0, 0.05) is 17.2 Å². The highest BCUT2D eigenvalue weighted by atomic mass is 35.5. The first-order chi connectivity index (χ1) is 8.10. The number of hydrogen-bond donors (Lipinski definition) is 1. The fourth-order valence-corrected chi connectivity index (χ4v) is 2.13. The van der Waals surface area contributed by atoms with Crippen molar-refractivity contribution in [1.82, 2.24) is 5.32 Å². The normalized spacial score (nSPS) is 14.6. The summed E-state index contributed by atoms with van der Waals surface area (Å²) in [6, 6.07) is 5.57. The van der Waals surface area contributed by atoms with Crippen molar-refractivity contribution < 1.29 is 4.74 Å². The average Bonchev–Trinajstić information content (AvgIpc) is 2.33. The van der Waals surface area contributed by atoms with Crippen LogP contribution in [0.15, 0.2) is 18.2 Å². The van der Waals surface area contributed by atoms with E-state index in [0.717, 1.165) is 18.5 Å². The van der Waals surface area contributed by atoms with Crippen LogP contribution >= 0.6 is 23.2 Å². The molecule has 17 heavy (non-hydrogen) atoms. The Morgan fingerprint density at radius 3 is 2.65 bits per heavy atom. The van der Waals surface area contributed by atoms with Crippen molar-refractivity contribution >= 4 is 23.2 Å². The van der Waals surface area contributed by atoms with Crippen LogP contribution in [0.4, 0.5) is 0 Å². The molecule has 2 atom stereocenters. The Labute approximate surface area is 113 Å². The van der Waals surface area contributed by atoms with Gasteiger partial charge >= 0.3 is 0 Å². The van der Waals surface area contributed by atoms with Gasteiger partial charge in [-0.1, -0.05) is 30.1 Å². The molecule has 0 bridgehead atoms. The number of halogens is 2. The molecule has 0 aliphatic carbocycles. The molecule has 0 aliphatic rings. The average molecular weight is 276 g/mol. The minimum absolute atomic E-state index is 0.0394. The maximum absolute atomic E-state index is 6.22. The quantitative estimate of drug-likeness (QED) is 0.845. The zero-order chi connectivity index (χ0) is 12.8. The summed E-state index contributed by atoms with van der Waals surface area (Å²) in [5.41, 5.74) is 0.988. The third-order valence-electron chi connectivity index (χ3n) is 2.75. The van der Waals surface area contributed by atoms with E-state index in [2.05, 4.69) is 12.2 Å². The van der Waals surface area contributed by atoms with Crippen molar-refractivity contribution in [3.05, 3.63) is 33.8 Å². The lowest BCUT2D eigenvalue weighted by molar-refractivity contribution is 0.0830. The van der Waals surface area contributed by atoms with Gasteiger partial charge in [0.05, 0.1) is 12.1 Å². The molecule has 1 rings (SSSR count). The fourth-order valence-electron chi connectivity index (χ4n) is 1.72. The third kappa shape index (κ3) is 4.14. The van der Waals surface area contributed by atoms with E-state index in [1.165, 1.54) is 0 Å². The molecule has 2 nitrogen and oxygen atoms in total. The van der Waals surface area contributed by atoms with Crippen molar-refractivity contribution in [3.8, 4) is 0 Å². The number of methoxy groups -OCH3 is 1. The van der Waals surface area contributed by atoms with Crippen molar-refractivity contribution in [2.75, 3.05) is 13.7 Å². The first kappa shape index (κ1) is 14.8. The van der Waals surface area contributed by atoms with E-state index in [9.17, 15) is 0 Å². The van der Waals surface area contributed by atoms with E-state index in [1.54, 1.807) is 13.2 Å². The van der Waals surface area contributed by atoms with Crippen LogP contribution in [0.1, 0.15) is 31.9 Å². The highest BCUT2D eigenvalue weighted by Gasteiger charge is 2.20. The van der Waals surface area contributed by atoms with Gasteiger partial charge < -0.3 is 10.1 Å². The summed E-state index contributed by atoms with van der Waals surface area (Å²) >= 11 is 12.2. The molecule has 0 aliphatic heterocycles. The van der Waals surface area contributed by atoms with Gasteiger partial charge in [0.15, 0.2) is 0 Å². The van der Waals surface area contributed by atoms with Crippen molar-refractivity contribution in [2.45, 2.75) is 32.4 Å². The largest absolute Gasteiger partial charge is 0.380 e. The summed E-state index contributed by atoms with van der Waals surface area (Å²) in [5, 5.41) is 4.84. The van der Waals surface area contributed by atoms with Gasteiger partial charge in [0.25, 0.3) is 0 Å². The van der Waals surface area contributed by atoms with Crippen LogP contribution in [0.5, 0.6) is 0 Å². The number of nitrogens with one attached hydrogen (secondary N) is 1. The van der Waals surface area contributed by atoms with Crippen LogP contribution < -0.4 is 5.32 Å². The molecule has 0 spiro atoms. The Morgan fingerprint density at radius 1 is 1.35 bits per heavy atom. The molecule has 0 fully saturated rings. The van der Waals surface area contributed by atoms with Gasteiger partial charge in [-0.15, -0.1) is 0 Å². The molecule has 0 radical (unpaired) electrons. The van der Waals surface area contributed by atoms with E-state index in [-0.39, 0.29) is 12.1 Å². The van der Waals surface area contributed by atoms with E-state index in [0.29, 0.717) is 10.0 Å². The highest BCUT2D eigenvalue weighted by Crippen LogP contribution is 2.29. The molecule has 1 N–H and O–H groups in total. The summed E-state index contributed by atoms with van der Waals surface area (Å²) in [4.78, 5) is 0. The number of hydrogen-bond acceptors (Lipinski definition) is 2. The van der Waals surface area contributed by atoms with Gasteiger partial charge in [-0.2, -0.15) is 0 Å². The fraction of sp³-hybridized carbons (Fsp3) is 0.538. The predicted molar refractivity (Wildman–Crippen MR) is 74.0 cm³/mol. The Kier molecular flexibility index (Phi) is 6.28. The zero-order valence-corrected chi connectivity index (χ0v) is 12.0. The van der Waals surface area contributed by atoms with Gasteiger partial charge in [-0.3, -0.25) is 0 Å². The van der Waals surface area contributed by atoms with Crippen LogP contribution in [-0.4, -0.2) is 19.8 Å². The smallest absolute Gasteiger partial charge is 0.0738 e. The molecule has 0 saturated carbocycles. The molecule has 0 heterocycles. The summed E-state index contributed by atoms with van der Waals surface area (Å²) < 4.78 is 5.39. The topological polar surface area (TPSA) is 21.3 Å². The summed E-state index contributed by atoms with van der Waals surface area (Å²) in [6.07, 6.45) is 1.10. The van der Waals surface area contributed by atoms with Crippen LogP contribution in [0.3, 0.4) is 0 Å². The Morgan fingerprint density at radius 2 is 2.06 bits per heavy atom. The van der Waals surface area contributed by atoms with E-state index >= 15 is 0 Å². The lowest BCUT2D eigenvalue weighted by atomic mass is 10.0. The lowest BCUT2D eigenvalue weighted by Gasteiger charge is -2.25. The van der Waals surface area contributed by atoms with Gasteiger partial charge in [0.1, 0.15) is 0 Å². The van der Waals surface area contributed by atoms with Gasteiger partial charge in [-0.05, 0) is 43.7 Å². The number of benzene rings is 1. The zero-order valence-electron chi connectivity index (χ0n) is 10.5. The lowest BCUT2D eigenvalue weighted by Crippen LogP contribution is -2.32. The second-order valence-electron chi connectivity index (χ2n) is 4.04. The maximum atomic E-state index is 6.22. The Bertz CT molecular complexity index is 357. The molecule has 0 aromatic heterocycles. The highest BCUT2D eigenvalue weighted by molar-refractivity contribution is 6.33. The van der Waals surface area contributed by atoms with Crippen molar-refractivity contribution in [3.63, 3.8) is 0 Å². The summed E-state index contributed by atoms with van der Waals surface area (Å²) in [5.74, 6) is 0. The molecule has 96 valence electrons. The second kappa shape index (κ2) is 7.22. The van der Waals surface area contributed by atoms with Gasteiger partial charge in [-0.25, -0.2) is 0 Å². The summed E-state index contributed by atoms with van der Waals surface area (Å²) in [7, 11) is 1.70. The SMILES string of the molecule is CCCNC(c1cc(Cl)ccc1Cl)C(C)OC. The molecular weight excluding hydrogens is 257 g/mol. The van der Waals surface area contributed by atoms with E-state index in [1.807, 2.05) is 19.1 Å². The minimum atomic E-state index is 0.0394. The Hall–Kier alpha value is -0.280.